The highest BCUT2D eigenvalue weighted by Crippen LogP contribution is 2.27. The highest BCUT2D eigenvalue weighted by molar-refractivity contribution is 5.94. The predicted molar refractivity (Wildman–Crippen MR) is 124 cm³/mol. The standard InChI is InChI=1S/C26H34N2O4/c1-30-23-13-11-20(12-14-23)26(29)28(22-8-4-5-9-22)19-24-18-27(15-16-32-24)17-21-7-3-6-10-25(21)31-2/h3,6-7,10-14,22,24H,4-5,8-9,15-19H2,1-2H3. The van der Waals surface area contributed by atoms with Crippen LogP contribution in [0.3, 0.4) is 0 Å². The van der Waals surface area contributed by atoms with Gasteiger partial charge in [0.2, 0.25) is 0 Å². The number of para-hydroxylation sites is 1. The van der Waals surface area contributed by atoms with Crippen molar-refractivity contribution in [3.63, 3.8) is 0 Å². The van der Waals surface area contributed by atoms with Crippen molar-refractivity contribution in [2.45, 2.75) is 44.4 Å². The minimum atomic E-state index is 0.00116. The molecule has 1 unspecified atom stereocenters. The third kappa shape index (κ3) is 5.43. The SMILES string of the molecule is COc1ccc(C(=O)N(CC2CN(Cc3ccccc3OC)CCO2)C2CCCC2)cc1. The van der Waals surface area contributed by atoms with Crippen LogP contribution in [-0.4, -0.2) is 68.3 Å². The van der Waals surface area contributed by atoms with Crippen molar-refractivity contribution in [2.24, 2.45) is 0 Å². The van der Waals surface area contributed by atoms with Gasteiger partial charge in [-0.15, -0.1) is 0 Å². The fourth-order valence-corrected chi connectivity index (χ4v) is 4.84. The summed E-state index contributed by atoms with van der Waals surface area (Å²) < 4.78 is 16.9. The maximum absolute atomic E-state index is 13.5. The number of carbonyl (C=O) groups is 1. The molecular formula is C26H34N2O4. The monoisotopic (exact) mass is 438 g/mol. The van der Waals surface area contributed by atoms with E-state index in [1.165, 1.54) is 18.4 Å². The van der Waals surface area contributed by atoms with E-state index in [4.69, 9.17) is 14.2 Å². The largest absolute Gasteiger partial charge is 0.497 e. The number of hydrogen-bond acceptors (Lipinski definition) is 5. The van der Waals surface area contributed by atoms with E-state index in [-0.39, 0.29) is 18.1 Å². The Balaban J connectivity index is 1.44. The number of amides is 1. The van der Waals surface area contributed by atoms with E-state index < -0.39 is 0 Å². The van der Waals surface area contributed by atoms with Gasteiger partial charge < -0.3 is 19.1 Å². The smallest absolute Gasteiger partial charge is 0.254 e. The molecule has 0 aromatic heterocycles. The molecule has 2 fully saturated rings. The van der Waals surface area contributed by atoms with Crippen LogP contribution in [-0.2, 0) is 11.3 Å². The molecule has 2 aromatic carbocycles. The highest BCUT2D eigenvalue weighted by atomic mass is 16.5. The topological polar surface area (TPSA) is 51.2 Å². The molecule has 0 bridgehead atoms. The van der Waals surface area contributed by atoms with Crippen molar-refractivity contribution >= 4 is 5.91 Å². The van der Waals surface area contributed by atoms with Crippen molar-refractivity contribution in [1.82, 2.24) is 9.80 Å². The van der Waals surface area contributed by atoms with Gasteiger partial charge in [0.25, 0.3) is 5.91 Å². The number of carbonyl (C=O) groups excluding carboxylic acids is 1. The summed E-state index contributed by atoms with van der Waals surface area (Å²) >= 11 is 0. The van der Waals surface area contributed by atoms with Crippen molar-refractivity contribution in [1.29, 1.82) is 0 Å². The minimum absolute atomic E-state index is 0.00116. The van der Waals surface area contributed by atoms with E-state index in [1.807, 2.05) is 42.5 Å². The molecule has 1 aliphatic carbocycles. The van der Waals surface area contributed by atoms with Crippen LogP contribution in [0.25, 0.3) is 0 Å². The molecule has 6 nitrogen and oxygen atoms in total. The van der Waals surface area contributed by atoms with E-state index in [1.54, 1.807) is 14.2 Å². The number of ether oxygens (including phenoxy) is 3. The summed E-state index contributed by atoms with van der Waals surface area (Å²) in [6.07, 6.45) is 4.51. The summed E-state index contributed by atoms with van der Waals surface area (Å²) in [4.78, 5) is 17.9. The van der Waals surface area contributed by atoms with E-state index >= 15 is 0 Å². The normalized spacial score (nSPS) is 19.6. The third-order valence-corrected chi connectivity index (χ3v) is 6.57. The number of benzene rings is 2. The van der Waals surface area contributed by atoms with E-state index in [0.717, 1.165) is 44.0 Å². The van der Waals surface area contributed by atoms with Crippen LogP contribution >= 0.6 is 0 Å². The first-order valence-corrected chi connectivity index (χ1v) is 11.6. The molecule has 1 amide bonds. The number of nitrogens with zero attached hydrogens (tertiary/aromatic N) is 2. The average molecular weight is 439 g/mol. The van der Waals surface area contributed by atoms with Crippen LogP contribution in [0.15, 0.2) is 48.5 Å². The summed E-state index contributed by atoms with van der Waals surface area (Å²) in [5.41, 5.74) is 1.89. The molecule has 1 aliphatic heterocycles. The molecule has 6 heteroatoms. The molecule has 0 radical (unpaired) electrons. The van der Waals surface area contributed by atoms with Gasteiger partial charge in [-0.1, -0.05) is 31.0 Å². The van der Waals surface area contributed by atoms with Gasteiger partial charge >= 0.3 is 0 Å². The van der Waals surface area contributed by atoms with Crippen molar-refractivity contribution in [3.05, 3.63) is 59.7 Å². The Bertz CT molecular complexity index is 880. The van der Waals surface area contributed by atoms with Gasteiger partial charge in [0.15, 0.2) is 0 Å². The number of morpholine rings is 1. The second-order valence-corrected chi connectivity index (χ2v) is 8.66. The van der Waals surface area contributed by atoms with Gasteiger partial charge in [-0.2, -0.15) is 0 Å². The van der Waals surface area contributed by atoms with Crippen LogP contribution in [0.5, 0.6) is 11.5 Å². The Morgan fingerprint density at radius 1 is 1.06 bits per heavy atom. The molecule has 4 rings (SSSR count). The van der Waals surface area contributed by atoms with Gasteiger partial charge in [0, 0.05) is 43.3 Å². The van der Waals surface area contributed by atoms with Crippen molar-refractivity contribution < 1.29 is 19.0 Å². The Morgan fingerprint density at radius 3 is 2.53 bits per heavy atom. The lowest BCUT2D eigenvalue weighted by Crippen LogP contribution is -2.50. The average Bonchev–Trinajstić information content (AvgIpc) is 3.37. The molecular weight excluding hydrogens is 404 g/mol. The maximum Gasteiger partial charge on any atom is 0.254 e. The van der Waals surface area contributed by atoms with Crippen LogP contribution < -0.4 is 9.47 Å². The predicted octanol–water partition coefficient (Wildman–Crippen LogP) is 3.99. The fourth-order valence-electron chi connectivity index (χ4n) is 4.84. The summed E-state index contributed by atoms with van der Waals surface area (Å²) in [7, 11) is 3.35. The van der Waals surface area contributed by atoms with E-state index in [2.05, 4.69) is 15.9 Å². The van der Waals surface area contributed by atoms with Gasteiger partial charge in [0.1, 0.15) is 11.5 Å². The van der Waals surface area contributed by atoms with Crippen LogP contribution in [0.4, 0.5) is 0 Å². The second kappa shape index (κ2) is 10.8. The zero-order valence-corrected chi connectivity index (χ0v) is 19.2. The van der Waals surface area contributed by atoms with E-state index in [0.29, 0.717) is 18.7 Å². The molecule has 172 valence electrons. The van der Waals surface area contributed by atoms with E-state index in [9.17, 15) is 4.79 Å². The number of rotatable bonds is 8. The summed E-state index contributed by atoms with van der Waals surface area (Å²) in [5, 5.41) is 0. The number of hydrogen-bond donors (Lipinski definition) is 0. The second-order valence-electron chi connectivity index (χ2n) is 8.66. The molecule has 0 spiro atoms. The maximum atomic E-state index is 13.5. The van der Waals surface area contributed by atoms with Crippen molar-refractivity contribution in [2.75, 3.05) is 40.5 Å². The lowest BCUT2D eigenvalue weighted by Gasteiger charge is -2.38. The summed E-state index contributed by atoms with van der Waals surface area (Å²) in [6, 6.07) is 15.9. The highest BCUT2D eigenvalue weighted by Gasteiger charge is 2.32. The summed E-state index contributed by atoms with van der Waals surface area (Å²) in [6.45, 7) is 3.80. The molecule has 0 N–H and O–H groups in total. The van der Waals surface area contributed by atoms with Gasteiger partial charge in [0.05, 0.1) is 26.9 Å². The Morgan fingerprint density at radius 2 is 1.81 bits per heavy atom. The molecule has 2 aromatic rings. The first-order chi connectivity index (χ1) is 15.7. The van der Waals surface area contributed by atoms with Gasteiger partial charge in [-0.25, -0.2) is 0 Å². The fraction of sp³-hybridized carbons (Fsp3) is 0.500. The minimum Gasteiger partial charge on any atom is -0.497 e. The zero-order valence-electron chi connectivity index (χ0n) is 19.2. The molecule has 32 heavy (non-hydrogen) atoms. The van der Waals surface area contributed by atoms with Gasteiger partial charge in [-0.3, -0.25) is 9.69 Å². The van der Waals surface area contributed by atoms with Crippen LogP contribution in [0.1, 0.15) is 41.6 Å². The molecule has 1 saturated heterocycles. The van der Waals surface area contributed by atoms with Crippen LogP contribution in [0.2, 0.25) is 0 Å². The third-order valence-electron chi connectivity index (χ3n) is 6.57. The zero-order chi connectivity index (χ0) is 22.3. The Labute approximate surface area is 191 Å². The first-order valence-electron chi connectivity index (χ1n) is 11.6. The number of methoxy groups -OCH3 is 2. The molecule has 2 aliphatic rings. The Kier molecular flexibility index (Phi) is 7.66. The quantitative estimate of drug-likeness (QED) is 0.624. The Hall–Kier alpha value is -2.57. The summed E-state index contributed by atoms with van der Waals surface area (Å²) in [5.74, 6) is 1.76. The molecule has 1 saturated carbocycles. The lowest BCUT2D eigenvalue weighted by molar-refractivity contribution is -0.0469. The molecule has 1 heterocycles. The van der Waals surface area contributed by atoms with Gasteiger partial charge in [-0.05, 0) is 43.2 Å². The lowest BCUT2D eigenvalue weighted by atomic mass is 10.1. The first kappa shape index (κ1) is 22.6. The van der Waals surface area contributed by atoms with Crippen LogP contribution in [0, 0.1) is 0 Å². The van der Waals surface area contributed by atoms with Crippen molar-refractivity contribution in [3.8, 4) is 11.5 Å². The molecule has 1 atom stereocenters.